The number of aromatic amines is 1. The van der Waals surface area contributed by atoms with Gasteiger partial charge in [0.25, 0.3) is 0 Å². The number of hydrogen-bond acceptors (Lipinski definition) is 3. The van der Waals surface area contributed by atoms with Crippen LogP contribution in [-0.2, 0) is 13.0 Å². The maximum atomic E-state index is 4.62. The van der Waals surface area contributed by atoms with Gasteiger partial charge in [0.15, 0.2) is 5.96 Å². The minimum Gasteiger partial charge on any atom is -0.356 e. The van der Waals surface area contributed by atoms with Crippen LogP contribution in [0, 0.1) is 6.92 Å². The number of imidazole rings is 1. The van der Waals surface area contributed by atoms with Gasteiger partial charge < -0.3 is 15.6 Å². The van der Waals surface area contributed by atoms with Crippen LogP contribution in [0.25, 0.3) is 11.0 Å². The van der Waals surface area contributed by atoms with E-state index in [1.165, 1.54) is 16.0 Å². The van der Waals surface area contributed by atoms with E-state index >= 15 is 0 Å². The first-order valence-electron chi connectivity index (χ1n) is 9.21. The molecule has 0 aliphatic carbocycles. The second kappa shape index (κ2) is 9.46. The van der Waals surface area contributed by atoms with Gasteiger partial charge in [-0.3, -0.25) is 4.99 Å². The number of thioether (sulfide) groups is 1. The van der Waals surface area contributed by atoms with Gasteiger partial charge >= 0.3 is 0 Å². The Labute approximate surface area is 165 Å². The quantitative estimate of drug-likeness (QED) is 0.251. The molecule has 142 valence electrons. The third-order valence-corrected chi connectivity index (χ3v) is 5.25. The van der Waals surface area contributed by atoms with Gasteiger partial charge in [-0.1, -0.05) is 24.3 Å². The number of benzene rings is 2. The summed E-state index contributed by atoms with van der Waals surface area (Å²) in [6.45, 7) is 3.74. The molecule has 0 radical (unpaired) electrons. The number of guanidine groups is 1. The van der Waals surface area contributed by atoms with E-state index < -0.39 is 0 Å². The van der Waals surface area contributed by atoms with Gasteiger partial charge in [-0.25, -0.2) is 4.98 Å². The standard InChI is InChI=1S/C21H27N5S/c1-15-10-11-16(19(13-15)27-3)14-24-21(22-2)23-12-6-9-20-25-17-7-4-5-8-18(17)26-20/h4-5,7-8,10-11,13H,6,9,12,14H2,1-3H3,(H,25,26)(H2,22,23,24). The summed E-state index contributed by atoms with van der Waals surface area (Å²) in [6.07, 6.45) is 4.01. The zero-order valence-electron chi connectivity index (χ0n) is 16.2. The van der Waals surface area contributed by atoms with Gasteiger partial charge in [0.05, 0.1) is 11.0 Å². The second-order valence-electron chi connectivity index (χ2n) is 6.47. The molecule has 5 nitrogen and oxygen atoms in total. The van der Waals surface area contributed by atoms with Crippen molar-refractivity contribution in [2.24, 2.45) is 4.99 Å². The number of aliphatic imine (C=N–C) groups is 1. The minimum absolute atomic E-state index is 0.764. The molecule has 27 heavy (non-hydrogen) atoms. The number of aromatic nitrogens is 2. The van der Waals surface area contributed by atoms with Gasteiger partial charge in [0.2, 0.25) is 0 Å². The summed E-state index contributed by atoms with van der Waals surface area (Å²) in [5.74, 6) is 1.86. The van der Waals surface area contributed by atoms with Crippen molar-refractivity contribution in [3.05, 3.63) is 59.4 Å². The van der Waals surface area contributed by atoms with Crippen LogP contribution in [0.3, 0.4) is 0 Å². The molecule has 2 aromatic carbocycles. The minimum atomic E-state index is 0.764. The molecule has 0 fully saturated rings. The SMILES string of the molecule is CN=C(NCCCc1nc2ccccc2[nH]1)NCc1ccc(C)cc1SC. The number of para-hydroxylation sites is 2. The second-order valence-corrected chi connectivity index (χ2v) is 7.32. The predicted octanol–water partition coefficient (Wildman–Crippen LogP) is 3.89. The van der Waals surface area contributed by atoms with Crippen LogP contribution < -0.4 is 10.6 Å². The first-order chi connectivity index (χ1) is 13.2. The van der Waals surface area contributed by atoms with Crippen LogP contribution >= 0.6 is 11.8 Å². The third kappa shape index (κ3) is 5.26. The molecule has 0 bridgehead atoms. The lowest BCUT2D eigenvalue weighted by Gasteiger charge is -2.14. The Morgan fingerprint density at radius 3 is 2.81 bits per heavy atom. The number of H-pyrrole nitrogens is 1. The summed E-state index contributed by atoms with van der Waals surface area (Å²) >= 11 is 1.78. The number of nitrogens with one attached hydrogen (secondary N) is 3. The predicted molar refractivity (Wildman–Crippen MR) is 116 cm³/mol. The molecular formula is C21H27N5S. The van der Waals surface area contributed by atoms with Gasteiger partial charge in [-0.05, 0) is 48.9 Å². The lowest BCUT2D eigenvalue weighted by atomic mass is 10.1. The molecule has 6 heteroatoms. The van der Waals surface area contributed by atoms with Crippen molar-refractivity contribution in [2.75, 3.05) is 19.8 Å². The highest BCUT2D eigenvalue weighted by Crippen LogP contribution is 2.21. The van der Waals surface area contributed by atoms with Crippen LogP contribution in [-0.4, -0.2) is 35.8 Å². The van der Waals surface area contributed by atoms with Crippen molar-refractivity contribution in [3.63, 3.8) is 0 Å². The van der Waals surface area contributed by atoms with E-state index in [1.54, 1.807) is 18.8 Å². The van der Waals surface area contributed by atoms with E-state index in [0.717, 1.165) is 48.7 Å². The van der Waals surface area contributed by atoms with Gasteiger partial charge in [0, 0.05) is 31.5 Å². The maximum absolute atomic E-state index is 4.62. The Balaban J connectivity index is 1.45. The van der Waals surface area contributed by atoms with Gasteiger partial charge in [-0.2, -0.15) is 0 Å². The van der Waals surface area contributed by atoms with Crippen molar-refractivity contribution in [1.82, 2.24) is 20.6 Å². The van der Waals surface area contributed by atoms with E-state index in [1.807, 2.05) is 18.2 Å². The van der Waals surface area contributed by atoms with Crippen molar-refractivity contribution < 1.29 is 0 Å². The average molecular weight is 382 g/mol. The molecule has 3 rings (SSSR count). The van der Waals surface area contributed by atoms with E-state index in [2.05, 4.69) is 63.0 Å². The number of rotatable bonds is 7. The first kappa shape index (κ1) is 19.3. The number of nitrogens with zero attached hydrogens (tertiary/aromatic N) is 2. The summed E-state index contributed by atoms with van der Waals surface area (Å²) in [6, 6.07) is 14.7. The summed E-state index contributed by atoms with van der Waals surface area (Å²) in [5, 5.41) is 6.79. The fourth-order valence-corrected chi connectivity index (χ4v) is 3.69. The molecule has 0 saturated carbocycles. The van der Waals surface area contributed by atoms with Crippen molar-refractivity contribution in [2.45, 2.75) is 31.2 Å². The maximum Gasteiger partial charge on any atom is 0.191 e. The van der Waals surface area contributed by atoms with Gasteiger partial charge in [-0.15, -0.1) is 11.8 Å². The number of aryl methyl sites for hydroxylation is 2. The smallest absolute Gasteiger partial charge is 0.191 e. The summed E-state index contributed by atoms with van der Waals surface area (Å²) in [7, 11) is 1.80. The van der Waals surface area contributed by atoms with Crippen LogP contribution in [0.4, 0.5) is 0 Å². The molecule has 0 unspecified atom stereocenters. The Kier molecular flexibility index (Phi) is 6.76. The average Bonchev–Trinajstić information content (AvgIpc) is 3.11. The van der Waals surface area contributed by atoms with Crippen LogP contribution in [0.1, 0.15) is 23.4 Å². The Morgan fingerprint density at radius 1 is 1.19 bits per heavy atom. The van der Waals surface area contributed by atoms with Crippen LogP contribution in [0.2, 0.25) is 0 Å². The third-order valence-electron chi connectivity index (χ3n) is 4.43. The summed E-state index contributed by atoms with van der Waals surface area (Å²) in [4.78, 5) is 13.6. The zero-order valence-corrected chi connectivity index (χ0v) is 17.0. The molecule has 0 atom stereocenters. The molecule has 0 aliphatic rings. The summed E-state index contributed by atoms with van der Waals surface area (Å²) < 4.78 is 0. The molecule has 0 aliphatic heterocycles. The van der Waals surface area contributed by atoms with Crippen molar-refractivity contribution in [1.29, 1.82) is 0 Å². The molecule has 0 saturated heterocycles. The Hall–Kier alpha value is -2.47. The molecule has 0 amide bonds. The largest absolute Gasteiger partial charge is 0.356 e. The monoisotopic (exact) mass is 381 g/mol. The fraction of sp³-hybridized carbons (Fsp3) is 0.333. The highest BCUT2D eigenvalue weighted by Gasteiger charge is 2.05. The van der Waals surface area contributed by atoms with Gasteiger partial charge in [0.1, 0.15) is 5.82 Å². The highest BCUT2D eigenvalue weighted by atomic mass is 32.2. The number of fused-ring (bicyclic) bond motifs is 1. The Bertz CT molecular complexity index is 883. The lowest BCUT2D eigenvalue weighted by Crippen LogP contribution is -2.37. The molecule has 1 aromatic heterocycles. The normalized spacial score (nSPS) is 11.7. The molecular weight excluding hydrogens is 354 g/mol. The first-order valence-corrected chi connectivity index (χ1v) is 10.4. The molecule has 3 aromatic rings. The highest BCUT2D eigenvalue weighted by molar-refractivity contribution is 7.98. The fourth-order valence-electron chi connectivity index (χ4n) is 2.98. The molecule has 0 spiro atoms. The van der Waals surface area contributed by atoms with E-state index in [4.69, 9.17) is 0 Å². The zero-order chi connectivity index (χ0) is 19.1. The molecule has 1 heterocycles. The molecule has 3 N–H and O–H groups in total. The van der Waals surface area contributed by atoms with Crippen LogP contribution in [0.15, 0.2) is 52.4 Å². The van der Waals surface area contributed by atoms with E-state index in [0.29, 0.717) is 0 Å². The topological polar surface area (TPSA) is 65.1 Å². The van der Waals surface area contributed by atoms with Crippen molar-refractivity contribution >= 4 is 28.8 Å². The Morgan fingerprint density at radius 2 is 2.04 bits per heavy atom. The van der Waals surface area contributed by atoms with Crippen LogP contribution in [0.5, 0.6) is 0 Å². The number of hydrogen-bond donors (Lipinski definition) is 3. The summed E-state index contributed by atoms with van der Waals surface area (Å²) in [5.41, 5.74) is 4.70. The lowest BCUT2D eigenvalue weighted by molar-refractivity contribution is 0.724. The van der Waals surface area contributed by atoms with E-state index in [-0.39, 0.29) is 0 Å². The van der Waals surface area contributed by atoms with E-state index in [9.17, 15) is 0 Å². The van der Waals surface area contributed by atoms with Crippen molar-refractivity contribution in [3.8, 4) is 0 Å².